The van der Waals surface area contributed by atoms with E-state index in [9.17, 15) is 9.50 Å². The Morgan fingerprint density at radius 1 is 0.868 bits per heavy atom. The summed E-state index contributed by atoms with van der Waals surface area (Å²) in [6.07, 6.45) is 4.91. The van der Waals surface area contributed by atoms with Crippen LogP contribution in [0, 0.1) is 5.82 Å². The van der Waals surface area contributed by atoms with Gasteiger partial charge < -0.3 is 24.4 Å². The van der Waals surface area contributed by atoms with E-state index in [1.165, 1.54) is 30.4 Å². The first kappa shape index (κ1) is 29.3. The van der Waals surface area contributed by atoms with Gasteiger partial charge in [0.15, 0.2) is 11.6 Å². The van der Waals surface area contributed by atoms with Gasteiger partial charge in [-0.05, 0) is 98.8 Å². The van der Waals surface area contributed by atoms with Crippen molar-refractivity contribution in [2.75, 3.05) is 44.8 Å². The summed E-state index contributed by atoms with van der Waals surface area (Å²) in [5.41, 5.74) is 4.73. The number of methoxy groups -OCH3 is 1. The molecule has 0 spiro atoms. The van der Waals surface area contributed by atoms with Crippen molar-refractivity contribution in [1.82, 2.24) is 4.90 Å². The Morgan fingerprint density at radius 3 is 2.32 bits per heavy atom. The molecule has 0 amide bonds. The van der Waals surface area contributed by atoms with Crippen molar-refractivity contribution in [1.29, 1.82) is 0 Å². The number of aryl methyl sites for hydroxylation is 2. The first-order valence-electron chi connectivity index (χ1n) is 13.8. The summed E-state index contributed by atoms with van der Waals surface area (Å²) in [5.74, 6) is 1.23. The van der Waals surface area contributed by atoms with Crippen molar-refractivity contribution in [3.05, 3.63) is 83.2 Å². The maximum Gasteiger partial charge on any atom is 0.165 e. The molecule has 0 atom stereocenters. The molecule has 206 valence electrons. The monoisotopic (exact) mass is 522 g/mol. The predicted octanol–water partition coefficient (Wildman–Crippen LogP) is 6.85. The molecular weight excluding hydrogens is 479 g/mol. The van der Waals surface area contributed by atoms with Gasteiger partial charge in [-0.3, -0.25) is 0 Å². The number of phenolic OH excluding ortho intramolecular Hbond substituents is 1. The number of phenols is 1. The molecule has 4 rings (SSSR count). The Bertz CT molecular complexity index is 1130. The molecule has 0 saturated carbocycles. The number of hydrogen-bond donors (Lipinski definition) is 1. The van der Waals surface area contributed by atoms with Crippen LogP contribution in [0.2, 0.25) is 0 Å². The van der Waals surface area contributed by atoms with Crippen LogP contribution in [0.15, 0.2) is 60.7 Å². The van der Waals surface area contributed by atoms with E-state index in [4.69, 9.17) is 9.47 Å². The number of rotatable bonds is 11. The number of hydrogen-bond acceptors (Lipinski definition) is 5. The second-order valence-corrected chi connectivity index (χ2v) is 9.52. The van der Waals surface area contributed by atoms with Gasteiger partial charge in [-0.15, -0.1) is 0 Å². The van der Waals surface area contributed by atoms with Gasteiger partial charge >= 0.3 is 0 Å². The zero-order chi connectivity index (χ0) is 27.3. The van der Waals surface area contributed by atoms with E-state index in [1.54, 1.807) is 25.3 Å². The van der Waals surface area contributed by atoms with Crippen LogP contribution in [-0.4, -0.2) is 49.9 Å². The number of ether oxygens (including phenoxy) is 2. The molecule has 0 fully saturated rings. The molecular formula is C32H43FN2O3. The highest BCUT2D eigenvalue weighted by atomic mass is 19.1. The number of fused-ring (bicyclic) bond motifs is 1. The van der Waals surface area contributed by atoms with E-state index >= 15 is 0 Å². The molecule has 38 heavy (non-hydrogen) atoms. The van der Waals surface area contributed by atoms with E-state index < -0.39 is 0 Å². The van der Waals surface area contributed by atoms with Crippen LogP contribution >= 0.6 is 0 Å². The first-order chi connectivity index (χ1) is 18.5. The third-order valence-electron chi connectivity index (χ3n) is 7.06. The van der Waals surface area contributed by atoms with Crippen molar-refractivity contribution in [2.45, 2.75) is 53.0 Å². The van der Waals surface area contributed by atoms with Gasteiger partial charge in [0.05, 0.1) is 7.11 Å². The first-order valence-corrected chi connectivity index (χ1v) is 13.8. The third kappa shape index (κ3) is 8.66. The number of benzene rings is 3. The zero-order valence-corrected chi connectivity index (χ0v) is 23.4. The number of nitrogens with zero attached hydrogens (tertiary/aromatic N) is 2. The summed E-state index contributed by atoms with van der Waals surface area (Å²) >= 11 is 0. The Balaban J connectivity index is 0.000000299. The van der Waals surface area contributed by atoms with Crippen molar-refractivity contribution < 1.29 is 19.0 Å². The van der Waals surface area contributed by atoms with Crippen LogP contribution in [0.5, 0.6) is 17.2 Å². The van der Waals surface area contributed by atoms with E-state index in [1.807, 2.05) is 42.5 Å². The quantitative estimate of drug-likeness (QED) is 0.298. The average molecular weight is 523 g/mol. The molecule has 0 heterocycles. The maximum atomic E-state index is 14.4. The second kappa shape index (κ2) is 15.2. The Morgan fingerprint density at radius 2 is 1.63 bits per heavy atom. The highest BCUT2D eigenvalue weighted by Gasteiger charge is 2.11. The lowest BCUT2D eigenvalue weighted by atomic mass is 9.92. The summed E-state index contributed by atoms with van der Waals surface area (Å²) in [7, 11) is 1.66. The fourth-order valence-electron chi connectivity index (χ4n) is 4.72. The van der Waals surface area contributed by atoms with Crippen LogP contribution in [0.3, 0.4) is 0 Å². The van der Waals surface area contributed by atoms with Gasteiger partial charge in [-0.1, -0.05) is 32.0 Å². The summed E-state index contributed by atoms with van der Waals surface area (Å²) in [6.45, 7) is 11.0. The lowest BCUT2D eigenvalue weighted by Gasteiger charge is -2.24. The Labute approximate surface area is 227 Å². The molecule has 0 aliphatic heterocycles. The minimum absolute atomic E-state index is 0.311. The van der Waals surface area contributed by atoms with Gasteiger partial charge in [-0.25, -0.2) is 4.39 Å². The second-order valence-electron chi connectivity index (χ2n) is 9.52. The number of likely N-dealkylation sites (N-methyl/N-ethyl adjacent to an activating group) is 1. The van der Waals surface area contributed by atoms with Crippen LogP contribution in [0.1, 0.15) is 50.3 Å². The maximum absolute atomic E-state index is 14.4. The summed E-state index contributed by atoms with van der Waals surface area (Å²) in [6, 6.07) is 18.9. The Kier molecular flexibility index (Phi) is 11.7. The summed E-state index contributed by atoms with van der Waals surface area (Å²) in [4.78, 5) is 4.43. The molecule has 5 nitrogen and oxygen atoms in total. The largest absolute Gasteiger partial charge is 0.508 e. The lowest BCUT2D eigenvalue weighted by Crippen LogP contribution is -2.28. The molecule has 0 aromatic heterocycles. The van der Waals surface area contributed by atoms with Crippen LogP contribution in [0.25, 0.3) is 0 Å². The highest BCUT2D eigenvalue weighted by molar-refractivity contribution is 5.51. The number of anilines is 1. The van der Waals surface area contributed by atoms with Gasteiger partial charge in [0.25, 0.3) is 0 Å². The molecule has 3 aromatic carbocycles. The van der Waals surface area contributed by atoms with Crippen molar-refractivity contribution in [3.63, 3.8) is 0 Å². The van der Waals surface area contributed by atoms with Gasteiger partial charge in [0, 0.05) is 31.4 Å². The van der Waals surface area contributed by atoms with Gasteiger partial charge in [0.1, 0.15) is 18.1 Å². The molecule has 1 aliphatic carbocycles. The fraction of sp³-hybridized carbons (Fsp3) is 0.438. The van der Waals surface area contributed by atoms with E-state index in [0.29, 0.717) is 24.7 Å². The third-order valence-corrected chi connectivity index (χ3v) is 7.06. The number of aromatic hydroxyl groups is 1. The molecule has 3 aromatic rings. The molecule has 1 N–H and O–H groups in total. The summed E-state index contributed by atoms with van der Waals surface area (Å²) < 4.78 is 25.4. The molecule has 6 heteroatoms. The minimum atomic E-state index is -0.311. The lowest BCUT2D eigenvalue weighted by molar-refractivity contribution is 0.217. The molecule has 0 unspecified atom stereocenters. The zero-order valence-electron chi connectivity index (χ0n) is 23.4. The standard InChI is InChI=1S/C22H31FN2O2.C10H12O/c1-5-24(6-2)13-14-27-22-12-11-18(15-21(22)23)17-25(7-3)19-9-8-10-20(16-19)26-4;11-10-6-5-8-3-1-2-4-9(8)7-10/h8-12,15-16H,5-7,13-14,17H2,1-4H3;5-7,11H,1-4H2. The SMILES string of the molecule is CCN(CC)CCOc1ccc(CN(CC)c2cccc(OC)c2)cc1F.Oc1ccc2c(c1)CCCC2. The van der Waals surface area contributed by atoms with Crippen molar-refractivity contribution >= 4 is 5.69 Å². The topological polar surface area (TPSA) is 45.2 Å². The normalized spacial score (nSPS) is 12.4. The minimum Gasteiger partial charge on any atom is -0.508 e. The highest BCUT2D eigenvalue weighted by Crippen LogP contribution is 2.25. The van der Waals surface area contributed by atoms with Crippen molar-refractivity contribution in [3.8, 4) is 17.2 Å². The van der Waals surface area contributed by atoms with E-state index in [2.05, 4.69) is 30.6 Å². The van der Waals surface area contributed by atoms with Gasteiger partial charge in [-0.2, -0.15) is 0 Å². The number of halogens is 1. The average Bonchev–Trinajstić information content (AvgIpc) is 2.95. The van der Waals surface area contributed by atoms with Crippen LogP contribution < -0.4 is 14.4 Å². The Hall–Kier alpha value is -3.25. The summed E-state index contributed by atoms with van der Waals surface area (Å²) in [5, 5.41) is 9.19. The predicted molar refractivity (Wildman–Crippen MR) is 154 cm³/mol. The smallest absolute Gasteiger partial charge is 0.165 e. The van der Waals surface area contributed by atoms with Crippen LogP contribution in [-0.2, 0) is 19.4 Å². The molecule has 0 radical (unpaired) electrons. The van der Waals surface area contributed by atoms with Crippen molar-refractivity contribution in [2.24, 2.45) is 0 Å². The fourth-order valence-corrected chi connectivity index (χ4v) is 4.72. The van der Waals surface area contributed by atoms with Gasteiger partial charge in [0.2, 0.25) is 0 Å². The van der Waals surface area contributed by atoms with E-state index in [-0.39, 0.29) is 5.82 Å². The molecule has 1 aliphatic rings. The van der Waals surface area contributed by atoms with E-state index in [0.717, 1.165) is 49.6 Å². The molecule has 0 bridgehead atoms. The van der Waals surface area contributed by atoms with Crippen LogP contribution in [0.4, 0.5) is 10.1 Å². The molecule has 0 saturated heterocycles.